The average Bonchev–Trinajstić information content (AvgIpc) is 2.68. The normalized spacial score (nSPS) is 26.1. The molecule has 2 aliphatic rings. The van der Waals surface area contributed by atoms with Gasteiger partial charge in [-0.25, -0.2) is 0 Å². The smallest absolute Gasteiger partial charge is 0.244 e. The van der Waals surface area contributed by atoms with Crippen molar-refractivity contribution in [1.82, 2.24) is 15.5 Å². The van der Waals surface area contributed by atoms with Gasteiger partial charge in [0.2, 0.25) is 17.7 Å². The maximum absolute atomic E-state index is 12.1. The van der Waals surface area contributed by atoms with E-state index in [1.165, 1.54) is 6.42 Å². The molecule has 3 amide bonds. The van der Waals surface area contributed by atoms with E-state index >= 15 is 0 Å². The van der Waals surface area contributed by atoms with Gasteiger partial charge in [0.1, 0.15) is 0 Å². The van der Waals surface area contributed by atoms with Crippen molar-refractivity contribution in [3.05, 3.63) is 0 Å². The Morgan fingerprint density at radius 1 is 1.33 bits per heavy atom. The van der Waals surface area contributed by atoms with Crippen LogP contribution in [0.2, 0.25) is 0 Å². The number of likely N-dealkylation sites (tertiary alicyclic amines) is 1. The second kappa shape index (κ2) is 5.48. The minimum absolute atomic E-state index is 0.0156. The molecule has 0 aliphatic carbocycles. The van der Waals surface area contributed by atoms with Gasteiger partial charge < -0.3 is 4.90 Å². The molecule has 0 aromatic rings. The zero-order valence-corrected chi connectivity index (χ0v) is 10.6. The molecule has 6 heteroatoms. The summed E-state index contributed by atoms with van der Waals surface area (Å²) in [6.07, 6.45) is 3.38. The third-order valence-electron chi connectivity index (χ3n) is 3.46. The average molecular weight is 253 g/mol. The molecular formula is C12H19N3O3. The van der Waals surface area contributed by atoms with Crippen LogP contribution in [0.3, 0.4) is 0 Å². The number of hydrogen-bond acceptors (Lipinski definition) is 4. The SMILES string of the molecule is CC(NC1CC(=O)NC1=O)C(=O)N1CCCCC1. The largest absolute Gasteiger partial charge is 0.341 e. The highest BCUT2D eigenvalue weighted by molar-refractivity contribution is 6.05. The van der Waals surface area contributed by atoms with Gasteiger partial charge >= 0.3 is 0 Å². The van der Waals surface area contributed by atoms with E-state index in [-0.39, 0.29) is 24.1 Å². The number of carbonyl (C=O) groups is 3. The maximum atomic E-state index is 12.1. The van der Waals surface area contributed by atoms with Crippen molar-refractivity contribution < 1.29 is 14.4 Å². The van der Waals surface area contributed by atoms with Crippen LogP contribution >= 0.6 is 0 Å². The Hall–Kier alpha value is -1.43. The van der Waals surface area contributed by atoms with Crippen LogP contribution in [0.5, 0.6) is 0 Å². The lowest BCUT2D eigenvalue weighted by Gasteiger charge is -2.30. The quantitative estimate of drug-likeness (QED) is 0.658. The van der Waals surface area contributed by atoms with Gasteiger partial charge in [-0.2, -0.15) is 0 Å². The van der Waals surface area contributed by atoms with Gasteiger partial charge in [-0.05, 0) is 26.2 Å². The second-order valence-electron chi connectivity index (χ2n) is 4.94. The van der Waals surface area contributed by atoms with Crippen LogP contribution in [0, 0.1) is 0 Å². The summed E-state index contributed by atoms with van der Waals surface area (Å²) in [6, 6.07) is -0.994. The minimum Gasteiger partial charge on any atom is -0.341 e. The molecule has 0 aromatic heterocycles. The zero-order chi connectivity index (χ0) is 13.1. The van der Waals surface area contributed by atoms with Crippen LogP contribution in [-0.2, 0) is 14.4 Å². The number of nitrogens with zero attached hydrogens (tertiary/aromatic N) is 1. The predicted octanol–water partition coefficient (Wildman–Crippen LogP) is -0.608. The van der Waals surface area contributed by atoms with Gasteiger partial charge in [0.15, 0.2) is 0 Å². The number of carbonyl (C=O) groups excluding carboxylic acids is 3. The van der Waals surface area contributed by atoms with Crippen molar-refractivity contribution in [2.45, 2.75) is 44.7 Å². The maximum Gasteiger partial charge on any atom is 0.244 e. The summed E-state index contributed by atoms with van der Waals surface area (Å²) in [7, 11) is 0. The summed E-state index contributed by atoms with van der Waals surface area (Å²) < 4.78 is 0. The fourth-order valence-corrected chi connectivity index (χ4v) is 2.45. The Labute approximate surface area is 106 Å². The molecule has 2 N–H and O–H groups in total. The molecule has 100 valence electrons. The molecular weight excluding hydrogens is 234 g/mol. The standard InChI is InChI=1S/C12H19N3O3/c1-8(12(18)15-5-3-2-4-6-15)13-9-7-10(16)14-11(9)17/h8-9,13H,2-7H2,1H3,(H,14,16,17). The van der Waals surface area contributed by atoms with Crippen LogP contribution in [-0.4, -0.2) is 47.8 Å². The molecule has 2 heterocycles. The van der Waals surface area contributed by atoms with Crippen LogP contribution in [0.25, 0.3) is 0 Å². The van der Waals surface area contributed by atoms with E-state index in [0.29, 0.717) is 0 Å². The summed E-state index contributed by atoms with van der Waals surface area (Å²) in [5, 5.41) is 5.16. The molecule has 0 bridgehead atoms. The van der Waals surface area contributed by atoms with E-state index in [9.17, 15) is 14.4 Å². The van der Waals surface area contributed by atoms with Gasteiger partial charge in [-0.15, -0.1) is 0 Å². The van der Waals surface area contributed by atoms with Crippen LogP contribution in [0.1, 0.15) is 32.6 Å². The van der Waals surface area contributed by atoms with E-state index in [4.69, 9.17) is 0 Å². The Morgan fingerprint density at radius 2 is 2.00 bits per heavy atom. The van der Waals surface area contributed by atoms with Crippen molar-refractivity contribution in [2.75, 3.05) is 13.1 Å². The molecule has 2 rings (SSSR count). The Kier molecular flexibility index (Phi) is 3.96. The van der Waals surface area contributed by atoms with E-state index < -0.39 is 12.1 Å². The molecule has 18 heavy (non-hydrogen) atoms. The van der Waals surface area contributed by atoms with Crippen molar-refractivity contribution in [3.63, 3.8) is 0 Å². The highest BCUT2D eigenvalue weighted by Gasteiger charge is 2.33. The van der Waals surface area contributed by atoms with E-state index in [1.807, 2.05) is 4.90 Å². The number of amides is 3. The van der Waals surface area contributed by atoms with Gasteiger partial charge in [0.05, 0.1) is 18.5 Å². The van der Waals surface area contributed by atoms with Gasteiger partial charge in [0, 0.05) is 13.1 Å². The predicted molar refractivity (Wildman–Crippen MR) is 64.6 cm³/mol. The first-order valence-corrected chi connectivity index (χ1v) is 6.46. The topological polar surface area (TPSA) is 78.5 Å². The minimum atomic E-state index is -0.568. The lowest BCUT2D eigenvalue weighted by atomic mass is 10.1. The zero-order valence-electron chi connectivity index (χ0n) is 10.6. The molecule has 2 atom stereocenters. The first kappa shape index (κ1) is 13.0. The Bertz CT molecular complexity index is 364. The van der Waals surface area contributed by atoms with Crippen LogP contribution in [0.15, 0.2) is 0 Å². The first-order chi connectivity index (χ1) is 8.58. The van der Waals surface area contributed by atoms with Crippen molar-refractivity contribution >= 4 is 17.7 Å². The summed E-state index contributed by atoms with van der Waals surface area (Å²) >= 11 is 0. The van der Waals surface area contributed by atoms with E-state index in [2.05, 4.69) is 10.6 Å². The van der Waals surface area contributed by atoms with Crippen molar-refractivity contribution in [2.24, 2.45) is 0 Å². The molecule has 2 aliphatic heterocycles. The van der Waals surface area contributed by atoms with Gasteiger partial charge in [-0.1, -0.05) is 0 Å². The van der Waals surface area contributed by atoms with Crippen LogP contribution in [0.4, 0.5) is 0 Å². The highest BCUT2D eigenvalue weighted by atomic mass is 16.2. The molecule has 2 unspecified atom stereocenters. The molecule has 0 aromatic carbocycles. The fraction of sp³-hybridized carbons (Fsp3) is 0.750. The van der Waals surface area contributed by atoms with E-state index in [0.717, 1.165) is 25.9 Å². The summed E-state index contributed by atoms with van der Waals surface area (Å²) in [5.74, 6) is -0.602. The first-order valence-electron chi connectivity index (χ1n) is 6.46. The summed E-state index contributed by atoms with van der Waals surface area (Å²) in [5.41, 5.74) is 0. The molecule has 0 radical (unpaired) electrons. The number of hydrogen-bond donors (Lipinski definition) is 2. The second-order valence-corrected chi connectivity index (χ2v) is 4.94. The molecule has 2 fully saturated rings. The number of piperidine rings is 1. The van der Waals surface area contributed by atoms with Crippen molar-refractivity contribution in [3.8, 4) is 0 Å². The number of imide groups is 1. The third kappa shape index (κ3) is 2.87. The van der Waals surface area contributed by atoms with Crippen LogP contribution < -0.4 is 10.6 Å². The van der Waals surface area contributed by atoms with Crippen molar-refractivity contribution in [1.29, 1.82) is 0 Å². The monoisotopic (exact) mass is 253 g/mol. The van der Waals surface area contributed by atoms with Gasteiger partial charge in [-0.3, -0.25) is 25.0 Å². The number of nitrogens with one attached hydrogen (secondary N) is 2. The number of rotatable bonds is 3. The lowest BCUT2D eigenvalue weighted by Crippen LogP contribution is -2.51. The molecule has 2 saturated heterocycles. The highest BCUT2D eigenvalue weighted by Crippen LogP contribution is 2.11. The molecule has 6 nitrogen and oxygen atoms in total. The Morgan fingerprint density at radius 3 is 2.56 bits per heavy atom. The summed E-state index contributed by atoms with van der Waals surface area (Å²) in [6.45, 7) is 3.33. The van der Waals surface area contributed by atoms with E-state index in [1.54, 1.807) is 6.92 Å². The summed E-state index contributed by atoms with van der Waals surface area (Å²) in [4.78, 5) is 36.4. The Balaban J connectivity index is 1.87. The third-order valence-corrected chi connectivity index (χ3v) is 3.46. The molecule has 0 spiro atoms. The molecule has 0 saturated carbocycles. The fourth-order valence-electron chi connectivity index (χ4n) is 2.45. The van der Waals surface area contributed by atoms with Gasteiger partial charge in [0.25, 0.3) is 0 Å². The lowest BCUT2D eigenvalue weighted by molar-refractivity contribution is -0.134.